The van der Waals surface area contributed by atoms with Crippen molar-refractivity contribution in [2.75, 3.05) is 17.1 Å². The van der Waals surface area contributed by atoms with Gasteiger partial charge in [0.25, 0.3) is 0 Å². The lowest BCUT2D eigenvalue weighted by Crippen LogP contribution is -2.54. The van der Waals surface area contributed by atoms with Crippen molar-refractivity contribution in [1.82, 2.24) is 10.2 Å². The number of benzene rings is 2. The Bertz CT molecular complexity index is 1090. The van der Waals surface area contributed by atoms with E-state index in [2.05, 4.69) is 5.32 Å². The van der Waals surface area contributed by atoms with Crippen molar-refractivity contribution in [2.45, 2.75) is 66.1 Å². The molecule has 0 aliphatic rings. The second kappa shape index (κ2) is 11.0. The van der Waals surface area contributed by atoms with E-state index in [1.807, 2.05) is 71.0 Å². The van der Waals surface area contributed by atoms with Crippen LogP contribution in [0.4, 0.5) is 5.69 Å². The highest BCUT2D eigenvalue weighted by atomic mass is 32.2. The van der Waals surface area contributed by atoms with E-state index in [4.69, 9.17) is 0 Å². The molecular weight excluding hydrogens is 450 g/mol. The Kier molecular flexibility index (Phi) is 8.89. The average Bonchev–Trinajstić information content (AvgIpc) is 2.74. The fourth-order valence-electron chi connectivity index (χ4n) is 3.46. The first-order valence-electron chi connectivity index (χ1n) is 11.4. The molecule has 0 radical (unpaired) electrons. The van der Waals surface area contributed by atoms with Gasteiger partial charge in [-0.15, -0.1) is 0 Å². The van der Waals surface area contributed by atoms with Crippen LogP contribution in [-0.2, 0) is 32.6 Å². The summed E-state index contributed by atoms with van der Waals surface area (Å²) in [6, 6.07) is 14.0. The molecular formula is C26H37N3O4S. The van der Waals surface area contributed by atoms with Gasteiger partial charge in [-0.05, 0) is 64.3 Å². The van der Waals surface area contributed by atoms with Crippen LogP contribution in [0, 0.1) is 6.92 Å². The molecule has 2 amide bonds. The third-order valence-corrected chi connectivity index (χ3v) is 6.59. The van der Waals surface area contributed by atoms with Crippen molar-refractivity contribution < 1.29 is 18.0 Å². The summed E-state index contributed by atoms with van der Waals surface area (Å²) < 4.78 is 26.3. The predicted molar refractivity (Wildman–Crippen MR) is 137 cm³/mol. The van der Waals surface area contributed by atoms with Gasteiger partial charge in [-0.25, -0.2) is 8.42 Å². The van der Waals surface area contributed by atoms with Crippen molar-refractivity contribution in [3.63, 3.8) is 0 Å². The van der Waals surface area contributed by atoms with E-state index in [9.17, 15) is 18.0 Å². The minimum atomic E-state index is -3.73. The summed E-state index contributed by atoms with van der Waals surface area (Å²) in [6.07, 6.45) is 1.90. The van der Waals surface area contributed by atoms with Crippen LogP contribution >= 0.6 is 0 Å². The highest BCUT2D eigenvalue weighted by Crippen LogP contribution is 2.20. The average molecular weight is 488 g/mol. The fraction of sp³-hybridized carbons (Fsp3) is 0.462. The molecule has 0 unspecified atom stereocenters. The number of amides is 2. The summed E-state index contributed by atoms with van der Waals surface area (Å²) in [5.41, 5.74) is 2.95. The minimum absolute atomic E-state index is 0.185. The number of hydrogen-bond acceptors (Lipinski definition) is 4. The Labute approximate surface area is 204 Å². The normalized spacial score (nSPS) is 12.7. The Hall–Kier alpha value is -2.87. The van der Waals surface area contributed by atoms with Gasteiger partial charge in [0.2, 0.25) is 21.8 Å². The van der Waals surface area contributed by atoms with Gasteiger partial charge >= 0.3 is 0 Å². The van der Waals surface area contributed by atoms with Crippen LogP contribution in [0.2, 0.25) is 0 Å². The van der Waals surface area contributed by atoms with Crippen molar-refractivity contribution in [3.8, 4) is 0 Å². The van der Waals surface area contributed by atoms with Gasteiger partial charge in [0.15, 0.2) is 0 Å². The topological polar surface area (TPSA) is 86.8 Å². The van der Waals surface area contributed by atoms with Crippen LogP contribution < -0.4 is 9.62 Å². The molecule has 186 valence electrons. The predicted octanol–water partition coefficient (Wildman–Crippen LogP) is 3.66. The summed E-state index contributed by atoms with van der Waals surface area (Å²) in [7, 11) is -3.73. The number of nitrogens with one attached hydrogen (secondary N) is 1. The van der Waals surface area contributed by atoms with Gasteiger partial charge < -0.3 is 10.2 Å². The maximum Gasteiger partial charge on any atom is 0.244 e. The SMILES string of the molecule is CCc1ccc(N(CC(=O)N(Cc2ccc(C)cc2)[C@H](C)C(=O)NC(C)(C)C)S(C)(=O)=O)cc1. The number of hydrogen-bond donors (Lipinski definition) is 1. The number of rotatable bonds is 9. The minimum Gasteiger partial charge on any atom is -0.350 e. The summed E-state index contributed by atoms with van der Waals surface area (Å²) in [5.74, 6) is -0.756. The first kappa shape index (κ1) is 27.4. The lowest BCUT2D eigenvalue weighted by molar-refractivity contribution is -0.140. The molecule has 0 aliphatic carbocycles. The van der Waals surface area contributed by atoms with Gasteiger partial charge in [0, 0.05) is 12.1 Å². The molecule has 0 saturated heterocycles. The van der Waals surface area contributed by atoms with Crippen LogP contribution in [0.1, 0.15) is 51.3 Å². The molecule has 8 heteroatoms. The Morgan fingerprint density at radius 1 is 0.971 bits per heavy atom. The quantitative estimate of drug-likeness (QED) is 0.585. The molecule has 34 heavy (non-hydrogen) atoms. The molecule has 1 atom stereocenters. The first-order valence-corrected chi connectivity index (χ1v) is 13.3. The number of carbonyl (C=O) groups is 2. The highest BCUT2D eigenvalue weighted by molar-refractivity contribution is 7.92. The monoisotopic (exact) mass is 487 g/mol. The molecule has 7 nitrogen and oxygen atoms in total. The van der Waals surface area contributed by atoms with Crippen molar-refractivity contribution in [1.29, 1.82) is 0 Å². The molecule has 0 heterocycles. The fourth-order valence-corrected chi connectivity index (χ4v) is 4.31. The molecule has 0 spiro atoms. The van der Waals surface area contributed by atoms with Gasteiger partial charge in [0.05, 0.1) is 11.9 Å². The van der Waals surface area contributed by atoms with Crippen LogP contribution in [0.15, 0.2) is 48.5 Å². The van der Waals surface area contributed by atoms with Crippen LogP contribution in [0.3, 0.4) is 0 Å². The van der Waals surface area contributed by atoms with E-state index < -0.39 is 34.1 Å². The van der Waals surface area contributed by atoms with Gasteiger partial charge in [-0.2, -0.15) is 0 Å². The maximum absolute atomic E-state index is 13.5. The molecule has 2 rings (SSSR count). The summed E-state index contributed by atoms with van der Waals surface area (Å²) in [4.78, 5) is 27.9. The molecule has 0 bridgehead atoms. The summed E-state index contributed by atoms with van der Waals surface area (Å²) >= 11 is 0. The van der Waals surface area contributed by atoms with E-state index in [0.717, 1.165) is 33.7 Å². The number of aryl methyl sites for hydroxylation is 2. The van der Waals surface area contributed by atoms with Crippen molar-refractivity contribution in [3.05, 3.63) is 65.2 Å². The van der Waals surface area contributed by atoms with Gasteiger partial charge in [0.1, 0.15) is 12.6 Å². The zero-order valence-electron chi connectivity index (χ0n) is 21.3. The maximum atomic E-state index is 13.5. The third kappa shape index (κ3) is 7.87. The zero-order chi connectivity index (χ0) is 25.7. The first-order chi connectivity index (χ1) is 15.7. The molecule has 0 aromatic heterocycles. The Morgan fingerprint density at radius 2 is 1.50 bits per heavy atom. The van der Waals surface area contributed by atoms with Crippen LogP contribution in [0.5, 0.6) is 0 Å². The van der Waals surface area contributed by atoms with E-state index in [-0.39, 0.29) is 12.5 Å². The number of carbonyl (C=O) groups excluding carboxylic acids is 2. The number of nitrogens with zero attached hydrogens (tertiary/aromatic N) is 2. The van der Waals surface area contributed by atoms with E-state index in [0.29, 0.717) is 5.69 Å². The molecule has 0 saturated carbocycles. The molecule has 1 N–H and O–H groups in total. The van der Waals surface area contributed by atoms with Gasteiger partial charge in [-0.3, -0.25) is 13.9 Å². The Balaban J connectivity index is 2.38. The molecule has 0 fully saturated rings. The number of anilines is 1. The van der Waals surface area contributed by atoms with E-state index >= 15 is 0 Å². The number of sulfonamides is 1. The second-order valence-corrected chi connectivity index (χ2v) is 11.6. The lowest BCUT2D eigenvalue weighted by atomic mass is 10.1. The van der Waals surface area contributed by atoms with E-state index in [1.54, 1.807) is 19.1 Å². The van der Waals surface area contributed by atoms with Gasteiger partial charge in [-0.1, -0.05) is 48.9 Å². The zero-order valence-corrected chi connectivity index (χ0v) is 22.1. The Morgan fingerprint density at radius 3 is 1.97 bits per heavy atom. The highest BCUT2D eigenvalue weighted by Gasteiger charge is 2.31. The van der Waals surface area contributed by atoms with E-state index in [1.165, 1.54) is 4.90 Å². The smallest absolute Gasteiger partial charge is 0.244 e. The van der Waals surface area contributed by atoms with Crippen molar-refractivity contribution in [2.24, 2.45) is 0 Å². The second-order valence-electron chi connectivity index (χ2n) is 9.71. The standard InChI is InChI=1S/C26H37N3O4S/c1-8-21-13-15-23(16-14-21)29(34(7,32)33)18-24(30)28(17-22-11-9-19(2)10-12-22)20(3)25(31)27-26(4,5)6/h9-16,20H,8,17-18H2,1-7H3,(H,27,31)/t20-/m1/s1. The lowest BCUT2D eigenvalue weighted by Gasteiger charge is -2.33. The van der Waals surface area contributed by atoms with Crippen molar-refractivity contribution >= 4 is 27.5 Å². The van der Waals surface area contributed by atoms with Crippen LogP contribution in [0.25, 0.3) is 0 Å². The molecule has 2 aromatic carbocycles. The summed E-state index contributed by atoms with van der Waals surface area (Å²) in [5, 5.41) is 2.91. The largest absolute Gasteiger partial charge is 0.350 e. The van der Waals surface area contributed by atoms with Crippen LogP contribution in [-0.4, -0.2) is 49.5 Å². The third-order valence-electron chi connectivity index (χ3n) is 5.45. The molecule has 0 aliphatic heterocycles. The summed E-state index contributed by atoms with van der Waals surface area (Å²) in [6.45, 7) is 11.0. The molecule has 2 aromatic rings.